The van der Waals surface area contributed by atoms with E-state index in [1.165, 1.54) is 18.7 Å². The van der Waals surface area contributed by atoms with Crippen molar-refractivity contribution < 1.29 is 19.1 Å². The van der Waals surface area contributed by atoms with E-state index >= 15 is 0 Å². The summed E-state index contributed by atoms with van der Waals surface area (Å²) >= 11 is 1.29. The Balaban J connectivity index is 1.57. The summed E-state index contributed by atoms with van der Waals surface area (Å²) in [5.41, 5.74) is 2.23. The first-order valence-corrected chi connectivity index (χ1v) is 11.3. The molecule has 0 aliphatic carbocycles. The van der Waals surface area contributed by atoms with Crippen molar-refractivity contribution in [3.8, 4) is 11.5 Å². The fraction of sp³-hybridized carbons (Fsp3) is 0.304. The van der Waals surface area contributed by atoms with E-state index < -0.39 is 0 Å². The molecule has 0 spiro atoms. The third-order valence-corrected chi connectivity index (χ3v) is 5.76. The minimum absolute atomic E-state index is 0.141. The van der Waals surface area contributed by atoms with Gasteiger partial charge >= 0.3 is 0 Å². The van der Waals surface area contributed by atoms with Gasteiger partial charge in [-0.2, -0.15) is 0 Å². The lowest BCUT2D eigenvalue weighted by atomic mass is 10.1. The molecule has 2 aromatic carbocycles. The number of hydrogen-bond acceptors (Lipinski definition) is 7. The quantitative estimate of drug-likeness (QED) is 0.457. The SMILES string of the molecule is COc1cccc(OC(C)c2nnc(SCC(=O)Nc3ccc(NC(C)=O)c(C)c3)n2C)c1. The molecular formula is C23H27N5O4S. The standard InChI is InChI=1S/C23H27N5O4S/c1-14-11-17(9-10-20(14)24-16(3)29)25-21(30)13-33-23-27-26-22(28(23)4)15(2)32-19-8-6-7-18(12-19)31-5/h6-12,15H,13H2,1-5H3,(H,24,29)(H,25,30). The summed E-state index contributed by atoms with van der Waals surface area (Å²) in [5, 5.41) is 14.6. The molecule has 0 radical (unpaired) electrons. The molecule has 0 aliphatic heterocycles. The highest BCUT2D eigenvalue weighted by Crippen LogP contribution is 2.26. The van der Waals surface area contributed by atoms with Crippen LogP contribution in [-0.4, -0.2) is 39.4 Å². The van der Waals surface area contributed by atoms with Crippen LogP contribution < -0.4 is 20.1 Å². The van der Waals surface area contributed by atoms with Crippen molar-refractivity contribution in [2.45, 2.75) is 32.0 Å². The fourth-order valence-corrected chi connectivity index (χ4v) is 3.85. The highest BCUT2D eigenvalue weighted by Gasteiger charge is 2.18. The summed E-state index contributed by atoms with van der Waals surface area (Å²) in [6, 6.07) is 12.7. The smallest absolute Gasteiger partial charge is 0.234 e. The first-order valence-electron chi connectivity index (χ1n) is 10.3. The van der Waals surface area contributed by atoms with Crippen molar-refractivity contribution in [2.24, 2.45) is 7.05 Å². The first-order chi connectivity index (χ1) is 15.8. The number of nitrogens with one attached hydrogen (secondary N) is 2. The number of hydrogen-bond donors (Lipinski definition) is 2. The van der Waals surface area contributed by atoms with E-state index in [-0.39, 0.29) is 23.7 Å². The molecule has 1 atom stereocenters. The summed E-state index contributed by atoms with van der Waals surface area (Å²) < 4.78 is 13.0. The van der Waals surface area contributed by atoms with Crippen molar-refractivity contribution >= 4 is 35.0 Å². The van der Waals surface area contributed by atoms with Crippen LogP contribution in [0.1, 0.15) is 31.3 Å². The lowest BCUT2D eigenvalue weighted by Crippen LogP contribution is -2.15. The molecule has 0 aliphatic rings. The minimum Gasteiger partial charge on any atom is -0.497 e. The molecule has 9 nitrogen and oxygen atoms in total. The summed E-state index contributed by atoms with van der Waals surface area (Å²) in [5.74, 6) is 1.88. The molecule has 3 aromatic rings. The van der Waals surface area contributed by atoms with E-state index in [1.807, 2.05) is 49.7 Å². The van der Waals surface area contributed by atoms with Gasteiger partial charge in [0.2, 0.25) is 11.8 Å². The van der Waals surface area contributed by atoms with Crippen LogP contribution in [0.5, 0.6) is 11.5 Å². The molecule has 0 saturated heterocycles. The molecule has 3 rings (SSSR count). The normalized spacial score (nSPS) is 11.5. The van der Waals surface area contributed by atoms with Gasteiger partial charge in [0, 0.05) is 31.4 Å². The molecule has 1 aromatic heterocycles. The average molecular weight is 470 g/mol. The van der Waals surface area contributed by atoms with Gasteiger partial charge in [-0.25, -0.2) is 0 Å². The van der Waals surface area contributed by atoms with Crippen molar-refractivity contribution in [2.75, 3.05) is 23.5 Å². The molecule has 1 unspecified atom stereocenters. The van der Waals surface area contributed by atoms with Crippen LogP contribution >= 0.6 is 11.8 Å². The minimum atomic E-state index is -0.345. The molecule has 33 heavy (non-hydrogen) atoms. The largest absolute Gasteiger partial charge is 0.497 e. The second-order valence-corrected chi connectivity index (χ2v) is 8.33. The number of benzene rings is 2. The highest BCUT2D eigenvalue weighted by atomic mass is 32.2. The topological polar surface area (TPSA) is 107 Å². The number of aryl methyl sites for hydroxylation is 1. The maximum Gasteiger partial charge on any atom is 0.234 e. The molecule has 174 valence electrons. The first kappa shape index (κ1) is 24.1. The summed E-state index contributed by atoms with van der Waals surface area (Å²) in [6.45, 7) is 5.21. The van der Waals surface area contributed by atoms with Gasteiger partial charge in [-0.3, -0.25) is 9.59 Å². The Kier molecular flexibility index (Phi) is 7.94. The van der Waals surface area contributed by atoms with Crippen LogP contribution in [0.2, 0.25) is 0 Å². The summed E-state index contributed by atoms with van der Waals surface area (Å²) in [6.07, 6.45) is -0.345. The van der Waals surface area contributed by atoms with Gasteiger partial charge in [-0.15, -0.1) is 10.2 Å². The van der Waals surface area contributed by atoms with Gasteiger partial charge in [-0.05, 0) is 49.7 Å². The predicted octanol–water partition coefficient (Wildman–Crippen LogP) is 3.96. The number of carbonyl (C=O) groups excluding carboxylic acids is 2. The average Bonchev–Trinajstić information content (AvgIpc) is 3.14. The van der Waals surface area contributed by atoms with Crippen molar-refractivity contribution in [1.29, 1.82) is 0 Å². The third-order valence-electron chi connectivity index (χ3n) is 4.74. The maximum atomic E-state index is 12.4. The second kappa shape index (κ2) is 10.9. The summed E-state index contributed by atoms with van der Waals surface area (Å²) in [7, 11) is 3.44. The molecule has 2 N–H and O–H groups in total. The zero-order valence-electron chi connectivity index (χ0n) is 19.2. The number of amides is 2. The van der Waals surface area contributed by atoms with Gasteiger partial charge in [-0.1, -0.05) is 17.8 Å². The van der Waals surface area contributed by atoms with E-state index in [0.29, 0.717) is 33.9 Å². The number of rotatable bonds is 9. The van der Waals surface area contributed by atoms with Crippen molar-refractivity contribution in [1.82, 2.24) is 14.8 Å². The Morgan fingerprint density at radius 3 is 2.58 bits per heavy atom. The molecule has 2 amide bonds. The second-order valence-electron chi connectivity index (χ2n) is 7.39. The van der Waals surface area contributed by atoms with E-state index in [9.17, 15) is 9.59 Å². The Labute approximate surface area is 196 Å². The Morgan fingerprint density at radius 1 is 1.12 bits per heavy atom. The van der Waals surface area contributed by atoms with Gasteiger partial charge in [0.1, 0.15) is 11.5 Å². The molecule has 1 heterocycles. The van der Waals surface area contributed by atoms with Crippen LogP contribution in [0.3, 0.4) is 0 Å². The number of methoxy groups -OCH3 is 1. The molecule has 0 fully saturated rings. The Hall–Kier alpha value is -3.53. The molecule has 0 saturated carbocycles. The molecule has 0 bridgehead atoms. The predicted molar refractivity (Wildman–Crippen MR) is 128 cm³/mol. The number of nitrogens with zero attached hydrogens (tertiary/aromatic N) is 3. The number of ether oxygens (including phenoxy) is 2. The van der Waals surface area contributed by atoms with Crippen LogP contribution in [0, 0.1) is 6.92 Å². The highest BCUT2D eigenvalue weighted by molar-refractivity contribution is 7.99. The fourth-order valence-electron chi connectivity index (χ4n) is 3.14. The zero-order chi connectivity index (χ0) is 24.0. The lowest BCUT2D eigenvalue weighted by Gasteiger charge is -2.15. The molecular weight excluding hydrogens is 442 g/mol. The Morgan fingerprint density at radius 2 is 1.88 bits per heavy atom. The lowest BCUT2D eigenvalue weighted by molar-refractivity contribution is -0.114. The van der Waals surface area contributed by atoms with Crippen LogP contribution in [-0.2, 0) is 16.6 Å². The van der Waals surface area contributed by atoms with Crippen molar-refractivity contribution in [3.05, 3.63) is 53.9 Å². The number of thioether (sulfide) groups is 1. The van der Waals surface area contributed by atoms with E-state index in [1.54, 1.807) is 25.3 Å². The van der Waals surface area contributed by atoms with Crippen LogP contribution in [0.25, 0.3) is 0 Å². The van der Waals surface area contributed by atoms with Crippen LogP contribution in [0.15, 0.2) is 47.6 Å². The number of carbonyl (C=O) groups is 2. The van der Waals surface area contributed by atoms with Gasteiger partial charge in [0.25, 0.3) is 0 Å². The molecule has 10 heteroatoms. The third kappa shape index (κ3) is 6.48. The van der Waals surface area contributed by atoms with Crippen LogP contribution in [0.4, 0.5) is 11.4 Å². The van der Waals surface area contributed by atoms with E-state index in [0.717, 1.165) is 5.56 Å². The van der Waals surface area contributed by atoms with Crippen molar-refractivity contribution in [3.63, 3.8) is 0 Å². The van der Waals surface area contributed by atoms with Gasteiger partial charge < -0.3 is 24.7 Å². The monoisotopic (exact) mass is 469 g/mol. The van der Waals surface area contributed by atoms with Gasteiger partial charge in [0.05, 0.1) is 12.9 Å². The number of aromatic nitrogens is 3. The number of anilines is 2. The van der Waals surface area contributed by atoms with Gasteiger partial charge in [0.15, 0.2) is 17.1 Å². The van der Waals surface area contributed by atoms with E-state index in [4.69, 9.17) is 9.47 Å². The maximum absolute atomic E-state index is 12.4. The zero-order valence-corrected chi connectivity index (χ0v) is 20.0. The Bertz CT molecular complexity index is 1150. The van der Waals surface area contributed by atoms with E-state index in [2.05, 4.69) is 20.8 Å². The summed E-state index contributed by atoms with van der Waals surface area (Å²) in [4.78, 5) is 23.6.